The molecule has 0 aromatic heterocycles. The number of halogens is 1. The quantitative estimate of drug-likeness (QED) is 0.132. The molecule has 0 atom stereocenters. The highest BCUT2D eigenvalue weighted by molar-refractivity contribution is 8.00. The van der Waals surface area contributed by atoms with Gasteiger partial charge in [-0.15, -0.1) is 11.8 Å². The van der Waals surface area contributed by atoms with Crippen molar-refractivity contribution in [2.24, 2.45) is 0 Å². The molecule has 6 nitrogen and oxygen atoms in total. The lowest BCUT2D eigenvalue weighted by Crippen LogP contribution is -2.30. The molecule has 0 unspecified atom stereocenters. The van der Waals surface area contributed by atoms with Crippen LogP contribution in [0.2, 0.25) is 5.02 Å². The third-order valence-electron chi connectivity index (χ3n) is 6.03. The van der Waals surface area contributed by atoms with Crippen molar-refractivity contribution in [3.8, 4) is 0 Å². The highest BCUT2D eigenvalue weighted by Crippen LogP contribution is 2.23. The van der Waals surface area contributed by atoms with Crippen LogP contribution in [0.1, 0.15) is 41.3 Å². The Hall–Kier alpha value is -4.33. The van der Waals surface area contributed by atoms with Gasteiger partial charge in [0.15, 0.2) is 0 Å². The van der Waals surface area contributed by atoms with Gasteiger partial charge in [0.25, 0.3) is 11.8 Å². The van der Waals surface area contributed by atoms with Gasteiger partial charge in [0.2, 0.25) is 5.91 Å². The molecule has 0 aliphatic carbocycles. The SMILES string of the molecule is CC(C)c1ccc(/C=C(/NC(=O)c2ccccc2)C(=O)Nc2cccc(SCC(=O)Nc3ccc(Cl)cc3)c2)cc1. The molecular weight excluding hydrogens is 554 g/mol. The van der Waals surface area contributed by atoms with Crippen molar-refractivity contribution in [1.29, 1.82) is 0 Å². The zero-order chi connectivity index (χ0) is 29.2. The van der Waals surface area contributed by atoms with Crippen molar-refractivity contribution in [3.63, 3.8) is 0 Å². The van der Waals surface area contributed by atoms with E-state index in [9.17, 15) is 14.4 Å². The third kappa shape index (κ3) is 9.10. The van der Waals surface area contributed by atoms with E-state index >= 15 is 0 Å². The number of benzene rings is 4. The van der Waals surface area contributed by atoms with Gasteiger partial charge in [0, 0.05) is 26.9 Å². The molecule has 0 fully saturated rings. The van der Waals surface area contributed by atoms with Gasteiger partial charge < -0.3 is 16.0 Å². The van der Waals surface area contributed by atoms with Crippen molar-refractivity contribution >= 4 is 58.5 Å². The van der Waals surface area contributed by atoms with Gasteiger partial charge in [0.05, 0.1) is 5.75 Å². The van der Waals surface area contributed by atoms with E-state index in [2.05, 4.69) is 29.8 Å². The Bertz CT molecular complexity index is 1540. The number of anilines is 2. The van der Waals surface area contributed by atoms with Crippen LogP contribution in [0.4, 0.5) is 11.4 Å². The van der Waals surface area contributed by atoms with Gasteiger partial charge >= 0.3 is 0 Å². The van der Waals surface area contributed by atoms with Crippen LogP contribution in [-0.2, 0) is 9.59 Å². The van der Waals surface area contributed by atoms with Gasteiger partial charge in [0.1, 0.15) is 5.70 Å². The lowest BCUT2D eigenvalue weighted by molar-refractivity contribution is -0.114. The Kier molecular flexibility index (Phi) is 10.4. The molecule has 0 radical (unpaired) electrons. The highest BCUT2D eigenvalue weighted by atomic mass is 35.5. The average molecular weight is 584 g/mol. The van der Waals surface area contributed by atoms with Crippen LogP contribution in [0.15, 0.2) is 114 Å². The first-order valence-corrected chi connectivity index (χ1v) is 14.4. The molecule has 208 valence electrons. The van der Waals surface area contributed by atoms with Crippen molar-refractivity contribution in [2.45, 2.75) is 24.7 Å². The van der Waals surface area contributed by atoms with E-state index in [0.29, 0.717) is 27.9 Å². The maximum absolute atomic E-state index is 13.4. The molecule has 8 heteroatoms. The van der Waals surface area contributed by atoms with Gasteiger partial charge in [-0.1, -0.05) is 74.0 Å². The van der Waals surface area contributed by atoms with Crippen LogP contribution in [-0.4, -0.2) is 23.5 Å². The number of nitrogens with one attached hydrogen (secondary N) is 3. The number of amides is 3. The molecule has 4 aromatic rings. The standard InChI is InChI=1S/C33H30ClN3O3S/c1-22(2)24-13-11-23(12-14-24)19-30(37-32(39)25-7-4-3-5-8-25)33(40)36-28-9-6-10-29(20-28)41-21-31(38)35-27-17-15-26(34)16-18-27/h3-20,22H,21H2,1-2H3,(H,35,38)(H,36,40)(H,37,39)/b30-19+. The summed E-state index contributed by atoms with van der Waals surface area (Å²) in [4.78, 5) is 39.5. The summed E-state index contributed by atoms with van der Waals surface area (Å²) in [5.41, 5.74) is 3.71. The van der Waals surface area contributed by atoms with E-state index in [0.717, 1.165) is 10.5 Å². The minimum Gasteiger partial charge on any atom is -0.325 e. The zero-order valence-corrected chi connectivity index (χ0v) is 24.3. The monoisotopic (exact) mass is 583 g/mol. The molecule has 4 aromatic carbocycles. The number of carbonyl (C=O) groups excluding carboxylic acids is 3. The first kappa shape index (κ1) is 29.6. The summed E-state index contributed by atoms with van der Waals surface area (Å²) in [7, 11) is 0. The number of hydrogen-bond acceptors (Lipinski definition) is 4. The molecule has 3 amide bonds. The van der Waals surface area contributed by atoms with E-state index in [4.69, 9.17) is 11.6 Å². The maximum Gasteiger partial charge on any atom is 0.272 e. The minimum absolute atomic E-state index is 0.108. The fraction of sp³-hybridized carbons (Fsp3) is 0.121. The second-order valence-corrected chi connectivity index (χ2v) is 11.0. The van der Waals surface area contributed by atoms with Crippen molar-refractivity contribution in [3.05, 3.63) is 131 Å². The molecule has 3 N–H and O–H groups in total. The first-order valence-electron chi connectivity index (χ1n) is 13.0. The lowest BCUT2D eigenvalue weighted by atomic mass is 10.0. The van der Waals surface area contributed by atoms with Gasteiger partial charge in [-0.25, -0.2) is 0 Å². The molecule has 0 aliphatic rings. The summed E-state index contributed by atoms with van der Waals surface area (Å²) < 4.78 is 0. The van der Waals surface area contributed by atoms with Crippen LogP contribution in [0.3, 0.4) is 0 Å². The second-order valence-electron chi connectivity index (χ2n) is 9.53. The van der Waals surface area contributed by atoms with E-state index in [1.807, 2.05) is 36.4 Å². The molecular formula is C33H30ClN3O3S. The maximum atomic E-state index is 13.4. The van der Waals surface area contributed by atoms with Crippen molar-refractivity contribution in [2.75, 3.05) is 16.4 Å². The van der Waals surface area contributed by atoms with Crippen LogP contribution >= 0.6 is 23.4 Å². The number of thioether (sulfide) groups is 1. The Morgan fingerprint density at radius 2 is 1.51 bits per heavy atom. The second kappa shape index (κ2) is 14.3. The Morgan fingerprint density at radius 3 is 2.20 bits per heavy atom. The lowest BCUT2D eigenvalue weighted by Gasteiger charge is -2.13. The summed E-state index contributed by atoms with van der Waals surface area (Å²) in [6.45, 7) is 4.23. The van der Waals surface area contributed by atoms with Gasteiger partial charge in [-0.2, -0.15) is 0 Å². The fourth-order valence-corrected chi connectivity index (χ4v) is 4.71. The third-order valence-corrected chi connectivity index (χ3v) is 7.28. The van der Waals surface area contributed by atoms with E-state index < -0.39 is 5.91 Å². The van der Waals surface area contributed by atoms with E-state index in [-0.39, 0.29) is 23.3 Å². The van der Waals surface area contributed by atoms with Crippen LogP contribution in [0.5, 0.6) is 0 Å². The van der Waals surface area contributed by atoms with E-state index in [1.54, 1.807) is 72.8 Å². The Balaban J connectivity index is 1.46. The zero-order valence-electron chi connectivity index (χ0n) is 22.7. The van der Waals surface area contributed by atoms with Crippen LogP contribution in [0, 0.1) is 0 Å². The normalized spacial score (nSPS) is 11.2. The smallest absolute Gasteiger partial charge is 0.272 e. The summed E-state index contributed by atoms with van der Waals surface area (Å²) >= 11 is 7.24. The summed E-state index contributed by atoms with van der Waals surface area (Å²) in [5.74, 6) is -0.456. The Morgan fingerprint density at radius 1 is 0.805 bits per heavy atom. The predicted molar refractivity (Wildman–Crippen MR) is 168 cm³/mol. The molecule has 41 heavy (non-hydrogen) atoms. The molecule has 0 heterocycles. The number of rotatable bonds is 10. The van der Waals surface area contributed by atoms with Crippen molar-refractivity contribution in [1.82, 2.24) is 5.32 Å². The molecule has 0 bridgehead atoms. The molecule has 0 spiro atoms. The van der Waals surface area contributed by atoms with Crippen molar-refractivity contribution < 1.29 is 14.4 Å². The molecule has 4 rings (SSSR count). The first-order chi connectivity index (χ1) is 19.8. The average Bonchev–Trinajstić information content (AvgIpc) is 2.98. The van der Waals surface area contributed by atoms with E-state index in [1.165, 1.54) is 17.3 Å². The predicted octanol–water partition coefficient (Wildman–Crippen LogP) is 7.60. The number of hydrogen-bond donors (Lipinski definition) is 3. The van der Waals surface area contributed by atoms with Gasteiger partial charge in [-0.05, 0) is 77.7 Å². The summed E-state index contributed by atoms with van der Waals surface area (Å²) in [5, 5.41) is 9.06. The fourth-order valence-electron chi connectivity index (χ4n) is 3.83. The summed E-state index contributed by atoms with van der Waals surface area (Å²) in [6.07, 6.45) is 1.65. The Labute approximate surface area is 249 Å². The topological polar surface area (TPSA) is 87.3 Å². The molecule has 0 saturated heterocycles. The highest BCUT2D eigenvalue weighted by Gasteiger charge is 2.16. The van der Waals surface area contributed by atoms with Crippen LogP contribution in [0.25, 0.3) is 6.08 Å². The molecule has 0 aliphatic heterocycles. The van der Waals surface area contributed by atoms with Gasteiger partial charge in [-0.3, -0.25) is 14.4 Å². The molecule has 0 saturated carbocycles. The van der Waals surface area contributed by atoms with Crippen LogP contribution < -0.4 is 16.0 Å². The largest absolute Gasteiger partial charge is 0.325 e. The summed E-state index contributed by atoms with van der Waals surface area (Å²) in [6, 6.07) is 30.7. The number of carbonyl (C=O) groups is 3. The minimum atomic E-state index is -0.468.